The van der Waals surface area contributed by atoms with Gasteiger partial charge in [0.05, 0.1) is 11.8 Å². The number of aromatic nitrogens is 2. The van der Waals surface area contributed by atoms with Gasteiger partial charge >= 0.3 is 0 Å². The summed E-state index contributed by atoms with van der Waals surface area (Å²) >= 11 is 0. The fraction of sp³-hybridized carbons (Fsp3) is 0.267. The van der Waals surface area contributed by atoms with Crippen LogP contribution in [0.1, 0.15) is 40.3 Å². The van der Waals surface area contributed by atoms with Crippen LogP contribution in [0.5, 0.6) is 0 Å². The molecule has 0 fully saturated rings. The zero-order valence-corrected chi connectivity index (χ0v) is 12.0. The van der Waals surface area contributed by atoms with E-state index < -0.39 is 18.0 Å². The number of rotatable bonds is 2. The molecule has 1 N–H and O–H groups in total. The maximum absolute atomic E-state index is 12.4. The molecule has 1 atom stereocenters. The van der Waals surface area contributed by atoms with Crippen molar-refractivity contribution in [3.05, 3.63) is 58.7 Å². The number of nitrogens with zero attached hydrogens (tertiary/aromatic N) is 2. The van der Waals surface area contributed by atoms with Gasteiger partial charge in [0.25, 0.3) is 0 Å². The number of aldehydes is 1. The van der Waals surface area contributed by atoms with Crippen LogP contribution in [-0.4, -0.2) is 21.4 Å². The molecule has 2 aromatic rings. The maximum atomic E-state index is 12.4. The first-order valence-electron chi connectivity index (χ1n) is 6.24. The number of halogens is 2. The Morgan fingerprint density at radius 1 is 1.05 bits per heavy atom. The summed E-state index contributed by atoms with van der Waals surface area (Å²) in [6.45, 7) is 4.89. The van der Waals surface area contributed by atoms with Gasteiger partial charge in [0.1, 0.15) is 0 Å². The van der Waals surface area contributed by atoms with Crippen LogP contribution in [0.15, 0.2) is 24.3 Å². The van der Waals surface area contributed by atoms with E-state index in [-0.39, 0.29) is 0 Å². The number of aryl methyl sites for hydroxylation is 2. The van der Waals surface area contributed by atoms with Crippen molar-refractivity contribution in [1.29, 1.82) is 0 Å². The van der Waals surface area contributed by atoms with E-state index in [1.807, 2.05) is 0 Å². The summed E-state index contributed by atoms with van der Waals surface area (Å²) in [6, 6.07) is 5.36. The molecule has 0 spiro atoms. The van der Waals surface area contributed by atoms with Crippen molar-refractivity contribution in [2.45, 2.75) is 26.9 Å². The first-order valence-corrected chi connectivity index (χ1v) is 6.24. The van der Waals surface area contributed by atoms with E-state index in [9.17, 15) is 13.6 Å². The minimum atomic E-state index is -0.580. The van der Waals surface area contributed by atoms with E-state index in [0.717, 1.165) is 6.07 Å². The van der Waals surface area contributed by atoms with Gasteiger partial charge in [-0.3, -0.25) is 4.79 Å². The summed E-state index contributed by atoms with van der Waals surface area (Å²) in [4.78, 5) is 17.2. The number of hydrogen-bond acceptors (Lipinski definition) is 4. The van der Waals surface area contributed by atoms with Crippen LogP contribution in [0.25, 0.3) is 0 Å². The van der Waals surface area contributed by atoms with Gasteiger partial charge in [0.2, 0.25) is 11.9 Å². The largest absolute Gasteiger partial charge is 0.389 e. The normalized spacial score (nSPS) is 11.3. The summed E-state index contributed by atoms with van der Waals surface area (Å²) < 4.78 is 24.7. The molecular formula is C15H16F2N2O2. The quantitative estimate of drug-likeness (QED) is 0.683. The Morgan fingerprint density at radius 2 is 1.57 bits per heavy atom. The molecule has 112 valence electrons. The molecule has 0 aliphatic rings. The van der Waals surface area contributed by atoms with Gasteiger partial charge < -0.3 is 5.11 Å². The summed E-state index contributed by atoms with van der Waals surface area (Å²) in [5, 5.41) is 9.13. The highest BCUT2D eigenvalue weighted by Crippen LogP contribution is 2.14. The number of aliphatic hydroxyl groups is 1. The van der Waals surface area contributed by atoms with Crippen LogP contribution in [0.4, 0.5) is 8.78 Å². The van der Waals surface area contributed by atoms with Gasteiger partial charge in [-0.25, -0.2) is 9.97 Å². The molecule has 0 saturated carbocycles. The highest BCUT2D eigenvalue weighted by molar-refractivity contribution is 5.75. The molecule has 6 heteroatoms. The molecule has 0 amide bonds. The number of pyridine rings is 2. The standard InChI is InChI=1S/C8H10FNO.C7H6FNO/c1-5-7(6(2)11)3-4-8(9)10-5;1-5-6(4-10)2-3-7(8)9-5/h3-4,6,11H,1-2H3;2-4H,1H3/t6-;/m1./s1. The van der Waals surface area contributed by atoms with E-state index in [2.05, 4.69) is 9.97 Å². The minimum Gasteiger partial charge on any atom is -0.389 e. The Balaban J connectivity index is 0.000000211. The molecule has 2 rings (SSSR count). The fourth-order valence-electron chi connectivity index (χ4n) is 1.65. The van der Waals surface area contributed by atoms with Crippen LogP contribution < -0.4 is 0 Å². The molecule has 2 heterocycles. The van der Waals surface area contributed by atoms with Crippen molar-refractivity contribution in [2.24, 2.45) is 0 Å². The van der Waals surface area contributed by atoms with E-state index in [1.165, 1.54) is 12.1 Å². The Labute approximate surface area is 121 Å². The van der Waals surface area contributed by atoms with E-state index >= 15 is 0 Å². The number of hydrogen-bond donors (Lipinski definition) is 1. The number of carbonyl (C=O) groups is 1. The zero-order valence-electron chi connectivity index (χ0n) is 12.0. The van der Waals surface area contributed by atoms with Gasteiger partial charge in [-0.1, -0.05) is 6.07 Å². The highest BCUT2D eigenvalue weighted by Gasteiger charge is 2.05. The third kappa shape index (κ3) is 5.00. The van der Waals surface area contributed by atoms with E-state index in [4.69, 9.17) is 5.11 Å². The first-order chi connectivity index (χ1) is 9.85. The smallest absolute Gasteiger partial charge is 0.213 e. The second-order valence-electron chi connectivity index (χ2n) is 4.41. The highest BCUT2D eigenvalue weighted by atomic mass is 19.1. The molecule has 0 aromatic carbocycles. The molecule has 0 aliphatic carbocycles. The van der Waals surface area contributed by atoms with Gasteiger partial charge in [0.15, 0.2) is 6.29 Å². The third-order valence-corrected chi connectivity index (χ3v) is 2.76. The first kappa shape index (κ1) is 16.8. The molecular weight excluding hydrogens is 278 g/mol. The topological polar surface area (TPSA) is 63.1 Å². The number of carbonyl (C=O) groups excluding carboxylic acids is 1. The SMILES string of the molecule is Cc1nc(F)ccc1C=O.Cc1nc(F)ccc1[C@@H](C)O. The monoisotopic (exact) mass is 294 g/mol. The van der Waals surface area contributed by atoms with Crippen LogP contribution in [0.3, 0.4) is 0 Å². The van der Waals surface area contributed by atoms with E-state index in [1.54, 1.807) is 26.8 Å². The lowest BCUT2D eigenvalue weighted by Crippen LogP contribution is -1.98. The second-order valence-corrected chi connectivity index (χ2v) is 4.41. The fourth-order valence-corrected chi connectivity index (χ4v) is 1.65. The Morgan fingerprint density at radius 3 is 2.00 bits per heavy atom. The summed E-state index contributed by atoms with van der Waals surface area (Å²) in [7, 11) is 0. The maximum Gasteiger partial charge on any atom is 0.213 e. The Hall–Kier alpha value is -2.21. The average Bonchev–Trinajstić information content (AvgIpc) is 2.39. The van der Waals surface area contributed by atoms with Crippen molar-refractivity contribution in [2.75, 3.05) is 0 Å². The molecule has 21 heavy (non-hydrogen) atoms. The molecule has 0 aliphatic heterocycles. The van der Waals surface area contributed by atoms with Gasteiger partial charge in [-0.2, -0.15) is 8.78 Å². The van der Waals surface area contributed by atoms with Crippen LogP contribution >= 0.6 is 0 Å². The second kappa shape index (κ2) is 7.54. The predicted molar refractivity (Wildman–Crippen MR) is 73.9 cm³/mol. The lowest BCUT2D eigenvalue weighted by atomic mass is 10.1. The lowest BCUT2D eigenvalue weighted by Gasteiger charge is -2.06. The molecule has 0 saturated heterocycles. The molecule has 0 bridgehead atoms. The van der Waals surface area contributed by atoms with Crippen LogP contribution in [-0.2, 0) is 0 Å². The van der Waals surface area contributed by atoms with Crippen molar-refractivity contribution >= 4 is 6.29 Å². The van der Waals surface area contributed by atoms with Crippen molar-refractivity contribution < 1.29 is 18.7 Å². The van der Waals surface area contributed by atoms with Crippen LogP contribution in [0, 0.1) is 25.7 Å². The van der Waals surface area contributed by atoms with Crippen molar-refractivity contribution in [3.63, 3.8) is 0 Å². The Kier molecular flexibility index (Phi) is 6.05. The summed E-state index contributed by atoms with van der Waals surface area (Å²) in [5.74, 6) is -1.06. The molecule has 0 unspecified atom stereocenters. The summed E-state index contributed by atoms with van der Waals surface area (Å²) in [6.07, 6.45) is 0.0741. The van der Waals surface area contributed by atoms with Gasteiger partial charge in [-0.05, 0) is 39.0 Å². The van der Waals surface area contributed by atoms with Crippen molar-refractivity contribution in [3.8, 4) is 0 Å². The lowest BCUT2D eigenvalue weighted by molar-refractivity contribution is 0.112. The number of aliphatic hydroxyl groups excluding tert-OH is 1. The minimum absolute atomic E-state index is 0.426. The summed E-state index contributed by atoms with van der Waals surface area (Å²) in [5.41, 5.74) is 2.07. The van der Waals surface area contributed by atoms with Gasteiger partial charge in [-0.15, -0.1) is 0 Å². The molecule has 4 nitrogen and oxygen atoms in total. The third-order valence-electron chi connectivity index (χ3n) is 2.76. The Bertz CT molecular complexity index is 631. The van der Waals surface area contributed by atoms with E-state index in [0.29, 0.717) is 28.8 Å². The average molecular weight is 294 g/mol. The van der Waals surface area contributed by atoms with Crippen molar-refractivity contribution in [1.82, 2.24) is 9.97 Å². The predicted octanol–water partition coefficient (Wildman–Crippen LogP) is 2.92. The molecule has 2 aromatic heterocycles. The molecule has 0 radical (unpaired) electrons. The van der Waals surface area contributed by atoms with Crippen LogP contribution in [0.2, 0.25) is 0 Å². The van der Waals surface area contributed by atoms with Gasteiger partial charge in [0, 0.05) is 16.8 Å². The zero-order chi connectivity index (χ0) is 16.0.